The summed E-state index contributed by atoms with van der Waals surface area (Å²) in [6.07, 6.45) is -1.15. The first-order chi connectivity index (χ1) is 10.1. The Hall–Kier alpha value is -1.62. The highest BCUT2D eigenvalue weighted by Crippen LogP contribution is 2.38. The first-order valence-corrected chi connectivity index (χ1v) is 6.93. The minimum Gasteiger partial charge on any atom is -0.496 e. The van der Waals surface area contributed by atoms with Gasteiger partial charge in [0.05, 0.1) is 18.8 Å². The second kappa shape index (κ2) is 6.89. The van der Waals surface area contributed by atoms with Crippen LogP contribution in [-0.4, -0.2) is 18.8 Å². The summed E-state index contributed by atoms with van der Waals surface area (Å²) in [6.45, 7) is 0.127. The summed E-state index contributed by atoms with van der Waals surface area (Å²) in [6, 6.07) is 11.5. The van der Waals surface area contributed by atoms with Gasteiger partial charge in [-0.3, -0.25) is 0 Å². The molecule has 112 valence electrons. The third-order valence-corrected chi connectivity index (χ3v) is 3.81. The molecule has 2 atom stereocenters. The Kier molecular flexibility index (Phi) is 5.17. The molecule has 0 aliphatic heterocycles. The monoisotopic (exact) mass is 309 g/mol. The fraction of sp³-hybridized carbons (Fsp3) is 0.250. The molecular formula is C16H17ClFNO2. The molecule has 0 saturated carbocycles. The third kappa shape index (κ3) is 3.18. The van der Waals surface area contributed by atoms with Crippen molar-refractivity contribution in [2.75, 3.05) is 13.7 Å². The average molecular weight is 310 g/mol. The van der Waals surface area contributed by atoms with Crippen molar-refractivity contribution in [3.8, 4) is 5.75 Å². The van der Waals surface area contributed by atoms with Crippen LogP contribution in [0.25, 0.3) is 0 Å². The zero-order valence-electron chi connectivity index (χ0n) is 11.6. The molecule has 5 heteroatoms. The number of hydrogen-bond acceptors (Lipinski definition) is 3. The molecular weight excluding hydrogens is 293 g/mol. The lowest BCUT2D eigenvalue weighted by atomic mass is 9.88. The molecule has 0 aliphatic carbocycles. The topological polar surface area (TPSA) is 55.5 Å². The van der Waals surface area contributed by atoms with E-state index in [1.807, 2.05) is 0 Å². The van der Waals surface area contributed by atoms with Gasteiger partial charge in [0.1, 0.15) is 11.6 Å². The largest absolute Gasteiger partial charge is 0.496 e. The van der Waals surface area contributed by atoms with Crippen LogP contribution in [0, 0.1) is 5.82 Å². The Labute approximate surface area is 128 Å². The fourth-order valence-corrected chi connectivity index (χ4v) is 2.66. The molecule has 3 nitrogen and oxygen atoms in total. The van der Waals surface area contributed by atoms with E-state index in [0.717, 1.165) is 0 Å². The van der Waals surface area contributed by atoms with E-state index < -0.39 is 17.8 Å². The van der Waals surface area contributed by atoms with Gasteiger partial charge in [-0.25, -0.2) is 4.39 Å². The van der Waals surface area contributed by atoms with Gasteiger partial charge in [-0.1, -0.05) is 35.9 Å². The van der Waals surface area contributed by atoms with Crippen molar-refractivity contribution in [1.82, 2.24) is 0 Å². The molecule has 0 spiro atoms. The Bertz CT molecular complexity index is 621. The van der Waals surface area contributed by atoms with Gasteiger partial charge >= 0.3 is 0 Å². The molecule has 0 radical (unpaired) electrons. The molecule has 0 heterocycles. The lowest BCUT2D eigenvalue weighted by Gasteiger charge is -2.25. The first-order valence-electron chi connectivity index (χ1n) is 6.55. The van der Waals surface area contributed by atoms with Gasteiger partial charge in [-0.05, 0) is 23.8 Å². The minimum atomic E-state index is -1.15. The SMILES string of the molecule is COc1cccc(F)c1C(O)C(CN)c1ccccc1Cl. The van der Waals surface area contributed by atoms with Gasteiger partial charge < -0.3 is 15.6 Å². The van der Waals surface area contributed by atoms with Gasteiger partial charge in [-0.2, -0.15) is 0 Å². The standard InChI is InChI=1S/C16H17ClFNO2/c1-21-14-8-4-7-13(18)15(14)16(20)11(9-19)10-5-2-3-6-12(10)17/h2-8,11,16,20H,9,19H2,1H3. The maximum atomic E-state index is 14.1. The summed E-state index contributed by atoms with van der Waals surface area (Å²) in [5, 5.41) is 11.1. The number of nitrogens with two attached hydrogens (primary N) is 1. The molecule has 2 aromatic rings. The number of aliphatic hydroxyl groups is 1. The maximum absolute atomic E-state index is 14.1. The molecule has 2 rings (SSSR count). The summed E-state index contributed by atoms with van der Waals surface area (Å²) < 4.78 is 19.2. The molecule has 0 fully saturated rings. The molecule has 2 unspecified atom stereocenters. The molecule has 0 aromatic heterocycles. The number of rotatable bonds is 5. The second-order valence-electron chi connectivity index (χ2n) is 4.66. The lowest BCUT2D eigenvalue weighted by Crippen LogP contribution is -2.21. The number of methoxy groups -OCH3 is 1. The molecule has 0 saturated heterocycles. The van der Waals surface area contributed by atoms with E-state index >= 15 is 0 Å². The van der Waals surface area contributed by atoms with Crippen LogP contribution >= 0.6 is 11.6 Å². The lowest BCUT2D eigenvalue weighted by molar-refractivity contribution is 0.139. The summed E-state index contributed by atoms with van der Waals surface area (Å²) in [4.78, 5) is 0. The van der Waals surface area contributed by atoms with Crippen LogP contribution in [0.4, 0.5) is 4.39 Å². The van der Waals surface area contributed by atoms with Crippen LogP contribution in [0.1, 0.15) is 23.1 Å². The smallest absolute Gasteiger partial charge is 0.132 e. The first kappa shape index (κ1) is 15.8. The van der Waals surface area contributed by atoms with Crippen molar-refractivity contribution in [3.63, 3.8) is 0 Å². The highest BCUT2D eigenvalue weighted by Gasteiger charge is 2.28. The normalized spacial score (nSPS) is 13.8. The number of benzene rings is 2. The molecule has 21 heavy (non-hydrogen) atoms. The van der Waals surface area contributed by atoms with Crippen molar-refractivity contribution in [1.29, 1.82) is 0 Å². The Morgan fingerprint density at radius 3 is 2.57 bits per heavy atom. The maximum Gasteiger partial charge on any atom is 0.132 e. The van der Waals surface area contributed by atoms with Gasteiger partial charge in [0, 0.05) is 17.5 Å². The van der Waals surface area contributed by atoms with Crippen LogP contribution in [-0.2, 0) is 0 Å². The molecule has 0 aliphatic rings. The number of aliphatic hydroxyl groups excluding tert-OH is 1. The number of ether oxygens (including phenoxy) is 1. The van der Waals surface area contributed by atoms with E-state index in [0.29, 0.717) is 10.6 Å². The van der Waals surface area contributed by atoms with Gasteiger partial charge in [-0.15, -0.1) is 0 Å². The van der Waals surface area contributed by atoms with Crippen molar-refractivity contribution < 1.29 is 14.2 Å². The molecule has 0 amide bonds. The zero-order valence-corrected chi connectivity index (χ0v) is 12.3. The van der Waals surface area contributed by atoms with Crippen molar-refractivity contribution in [2.45, 2.75) is 12.0 Å². The van der Waals surface area contributed by atoms with Crippen LogP contribution < -0.4 is 10.5 Å². The van der Waals surface area contributed by atoms with E-state index in [1.165, 1.54) is 19.2 Å². The predicted molar refractivity (Wildman–Crippen MR) is 81.2 cm³/mol. The Morgan fingerprint density at radius 2 is 1.95 bits per heavy atom. The van der Waals surface area contributed by atoms with Crippen LogP contribution in [0.3, 0.4) is 0 Å². The quantitative estimate of drug-likeness (QED) is 0.891. The van der Waals surface area contributed by atoms with Gasteiger partial charge in [0.25, 0.3) is 0 Å². The molecule has 0 bridgehead atoms. The minimum absolute atomic E-state index is 0.0929. The molecule has 3 N–H and O–H groups in total. The van der Waals surface area contributed by atoms with E-state index in [9.17, 15) is 9.50 Å². The van der Waals surface area contributed by atoms with Crippen LogP contribution in [0.2, 0.25) is 5.02 Å². The Balaban J connectivity index is 2.47. The molecule has 2 aromatic carbocycles. The predicted octanol–water partition coefficient (Wildman–Crippen LogP) is 3.26. The highest BCUT2D eigenvalue weighted by molar-refractivity contribution is 6.31. The number of hydrogen-bond donors (Lipinski definition) is 2. The van der Waals surface area contributed by atoms with Crippen LogP contribution in [0.15, 0.2) is 42.5 Å². The van der Waals surface area contributed by atoms with Crippen molar-refractivity contribution in [2.24, 2.45) is 5.73 Å². The Morgan fingerprint density at radius 1 is 1.24 bits per heavy atom. The summed E-state index contributed by atoms with van der Waals surface area (Å²) in [5.74, 6) is -0.773. The van der Waals surface area contributed by atoms with Crippen molar-refractivity contribution in [3.05, 3.63) is 64.4 Å². The van der Waals surface area contributed by atoms with E-state index in [1.54, 1.807) is 30.3 Å². The summed E-state index contributed by atoms with van der Waals surface area (Å²) in [7, 11) is 1.43. The van der Waals surface area contributed by atoms with Crippen LogP contribution in [0.5, 0.6) is 5.75 Å². The fourth-order valence-electron chi connectivity index (χ4n) is 2.39. The highest BCUT2D eigenvalue weighted by atomic mass is 35.5. The van der Waals surface area contributed by atoms with Gasteiger partial charge in [0.2, 0.25) is 0 Å². The van der Waals surface area contributed by atoms with Gasteiger partial charge in [0.15, 0.2) is 0 Å². The van der Waals surface area contributed by atoms with E-state index in [-0.39, 0.29) is 17.9 Å². The second-order valence-corrected chi connectivity index (χ2v) is 5.07. The zero-order chi connectivity index (χ0) is 15.4. The van der Waals surface area contributed by atoms with E-state index in [4.69, 9.17) is 22.1 Å². The number of halogens is 2. The average Bonchev–Trinajstić information content (AvgIpc) is 2.49. The van der Waals surface area contributed by atoms with Crippen molar-refractivity contribution >= 4 is 11.6 Å². The van der Waals surface area contributed by atoms with E-state index in [2.05, 4.69) is 0 Å². The summed E-state index contributed by atoms with van der Waals surface area (Å²) in [5.41, 5.74) is 6.54. The third-order valence-electron chi connectivity index (χ3n) is 3.47. The summed E-state index contributed by atoms with van der Waals surface area (Å²) >= 11 is 6.15.